The fraction of sp³-hybridized carbons (Fsp3) is 0.824. The molecule has 2 amide bonds. The monoisotopic (exact) mass is 389 g/mol. The molecule has 1 unspecified atom stereocenters. The quantitative estimate of drug-likeness (QED) is 0.0682. The third-order valence-corrected chi connectivity index (χ3v) is 3.79. The number of nitrogens with zero attached hydrogens (tertiary/aromatic N) is 1. The zero-order valence-corrected chi connectivity index (χ0v) is 16.2. The molecule has 0 heterocycles. The molecular formula is C17H37N7O3. The van der Waals surface area contributed by atoms with E-state index in [1.54, 1.807) is 0 Å². The van der Waals surface area contributed by atoms with E-state index in [4.69, 9.17) is 17.2 Å². The summed E-state index contributed by atoms with van der Waals surface area (Å²) in [4.78, 5) is 27.3. The number of rotatable bonds is 17. The van der Waals surface area contributed by atoms with Gasteiger partial charge in [0.25, 0.3) is 5.91 Å². The number of amides is 2. The van der Waals surface area contributed by atoms with Crippen LogP contribution in [-0.2, 0) is 9.59 Å². The fourth-order valence-electron chi connectivity index (χ4n) is 2.28. The number of hydrogen-bond acceptors (Lipinski definition) is 6. The Morgan fingerprint density at radius 1 is 0.963 bits per heavy atom. The molecule has 0 fully saturated rings. The van der Waals surface area contributed by atoms with Crippen molar-refractivity contribution in [3.8, 4) is 0 Å². The molecular weight excluding hydrogens is 352 g/mol. The first-order valence-corrected chi connectivity index (χ1v) is 9.68. The van der Waals surface area contributed by atoms with Gasteiger partial charge in [-0.1, -0.05) is 12.8 Å². The van der Waals surface area contributed by atoms with Crippen molar-refractivity contribution < 1.29 is 14.7 Å². The summed E-state index contributed by atoms with van der Waals surface area (Å²) >= 11 is 0. The minimum absolute atomic E-state index is 0.0841. The molecule has 0 rings (SSSR count). The van der Waals surface area contributed by atoms with Gasteiger partial charge >= 0.3 is 0 Å². The van der Waals surface area contributed by atoms with Gasteiger partial charge in [-0.05, 0) is 51.7 Å². The maximum atomic E-state index is 11.7. The zero-order chi connectivity index (χ0) is 20.3. The minimum Gasteiger partial charge on any atom is -0.370 e. The van der Waals surface area contributed by atoms with Gasteiger partial charge in [-0.25, -0.2) is 0 Å². The summed E-state index contributed by atoms with van der Waals surface area (Å²) in [6, 6.07) is 0. The number of carbonyl (C=O) groups is 2. The van der Waals surface area contributed by atoms with Gasteiger partial charge in [0.2, 0.25) is 12.1 Å². The lowest BCUT2D eigenvalue weighted by Crippen LogP contribution is -2.46. The Morgan fingerprint density at radius 3 is 2.33 bits per heavy atom. The van der Waals surface area contributed by atoms with E-state index < -0.39 is 12.1 Å². The van der Waals surface area contributed by atoms with Crippen molar-refractivity contribution in [2.45, 2.75) is 57.6 Å². The predicted molar refractivity (Wildman–Crippen MR) is 107 cm³/mol. The van der Waals surface area contributed by atoms with Gasteiger partial charge < -0.3 is 38.3 Å². The Morgan fingerprint density at radius 2 is 1.63 bits per heavy atom. The van der Waals surface area contributed by atoms with Gasteiger partial charge in [0.05, 0.1) is 0 Å². The van der Waals surface area contributed by atoms with E-state index in [0.717, 1.165) is 51.6 Å². The fourth-order valence-corrected chi connectivity index (χ4v) is 2.28. The molecule has 0 aliphatic rings. The van der Waals surface area contributed by atoms with E-state index in [2.05, 4.69) is 20.9 Å². The number of aliphatic imine (C=N–C) groups is 1. The SMILES string of the molecule is NCCCNCCCCNC(=O)C(O)NC(=O)CCCCCCN=[14C](N)N. The highest BCUT2D eigenvalue weighted by atomic mass is 16.3. The third kappa shape index (κ3) is 17.3. The number of unbranched alkanes of at least 4 members (excludes halogenated alkanes) is 4. The van der Waals surface area contributed by atoms with Crippen LogP contribution in [0.3, 0.4) is 0 Å². The normalized spacial score (nSPS) is 11.6. The second-order valence-corrected chi connectivity index (χ2v) is 6.33. The number of hydrogen-bond donors (Lipinski definition) is 7. The highest BCUT2D eigenvalue weighted by Gasteiger charge is 2.16. The zero-order valence-electron chi connectivity index (χ0n) is 16.2. The van der Waals surface area contributed by atoms with Gasteiger partial charge in [-0.3, -0.25) is 14.6 Å². The van der Waals surface area contributed by atoms with E-state index >= 15 is 0 Å². The lowest BCUT2D eigenvalue weighted by Gasteiger charge is -2.13. The Labute approximate surface area is 161 Å². The molecule has 0 bridgehead atoms. The molecule has 0 aromatic heterocycles. The third-order valence-electron chi connectivity index (χ3n) is 3.79. The van der Waals surface area contributed by atoms with Crippen molar-refractivity contribution in [2.75, 3.05) is 32.7 Å². The van der Waals surface area contributed by atoms with Crippen LogP contribution in [0.25, 0.3) is 0 Å². The lowest BCUT2D eigenvalue weighted by atomic mass is 10.1. The van der Waals surface area contributed by atoms with Crippen molar-refractivity contribution in [3.63, 3.8) is 0 Å². The van der Waals surface area contributed by atoms with Gasteiger partial charge in [0, 0.05) is 19.5 Å². The maximum absolute atomic E-state index is 11.7. The number of aliphatic hydroxyl groups excluding tert-OH is 1. The van der Waals surface area contributed by atoms with E-state index in [0.29, 0.717) is 26.1 Å². The number of nitrogens with two attached hydrogens (primary N) is 3. The molecule has 10 nitrogen and oxygen atoms in total. The highest BCUT2D eigenvalue weighted by molar-refractivity contribution is 5.86. The van der Waals surface area contributed by atoms with Gasteiger partial charge in [0.1, 0.15) is 0 Å². The summed E-state index contributed by atoms with van der Waals surface area (Å²) in [5.41, 5.74) is 15.8. The van der Waals surface area contributed by atoms with E-state index in [9.17, 15) is 14.7 Å². The van der Waals surface area contributed by atoms with Crippen LogP contribution in [0.4, 0.5) is 0 Å². The molecule has 0 aromatic carbocycles. The molecule has 0 aliphatic carbocycles. The van der Waals surface area contributed by atoms with Gasteiger partial charge in [-0.15, -0.1) is 0 Å². The van der Waals surface area contributed by atoms with Crippen LogP contribution < -0.4 is 33.2 Å². The molecule has 0 aromatic rings. The average molecular weight is 390 g/mol. The van der Waals surface area contributed by atoms with E-state index in [1.165, 1.54) is 0 Å². The van der Waals surface area contributed by atoms with Crippen molar-refractivity contribution in [3.05, 3.63) is 0 Å². The van der Waals surface area contributed by atoms with Crippen molar-refractivity contribution in [2.24, 2.45) is 22.2 Å². The Kier molecular flexibility index (Phi) is 16.3. The Bertz CT molecular complexity index is 429. The molecule has 0 spiro atoms. The maximum Gasteiger partial charge on any atom is 0.269 e. The van der Waals surface area contributed by atoms with Crippen LogP contribution in [0.5, 0.6) is 0 Å². The van der Waals surface area contributed by atoms with Crippen molar-refractivity contribution >= 4 is 17.8 Å². The van der Waals surface area contributed by atoms with Gasteiger partial charge in [-0.2, -0.15) is 0 Å². The van der Waals surface area contributed by atoms with Crippen LogP contribution in [-0.4, -0.2) is 61.8 Å². The summed E-state index contributed by atoms with van der Waals surface area (Å²) in [5.74, 6) is -0.844. The molecule has 27 heavy (non-hydrogen) atoms. The predicted octanol–water partition coefficient (Wildman–Crippen LogP) is -1.52. The van der Waals surface area contributed by atoms with Crippen LogP contribution in [0.15, 0.2) is 4.99 Å². The van der Waals surface area contributed by atoms with Crippen LogP contribution in [0.1, 0.15) is 51.4 Å². The largest absolute Gasteiger partial charge is 0.370 e. The number of guanidine groups is 1. The van der Waals surface area contributed by atoms with Crippen LogP contribution in [0, 0.1) is 0 Å². The summed E-state index contributed by atoms with van der Waals surface area (Å²) in [6.07, 6.45) is 4.71. The van der Waals surface area contributed by atoms with E-state index in [-0.39, 0.29) is 18.3 Å². The van der Waals surface area contributed by atoms with Gasteiger partial charge in [0.15, 0.2) is 5.96 Å². The molecule has 1 atom stereocenters. The molecule has 10 heteroatoms. The Hall–Kier alpha value is -1.91. The first-order chi connectivity index (χ1) is 13.0. The summed E-state index contributed by atoms with van der Waals surface area (Å²) in [5, 5.41) is 17.9. The standard InChI is InChI=1S/C17H37N7O3/c18-9-7-11-21-10-5-6-12-22-15(26)16(27)24-14(25)8-3-1-2-4-13-23-17(19)20/h16,21,27H,1-13,18H2,(H,22,26)(H,24,25)(H4,19,20,23)/i17+2. The molecule has 10 N–H and O–H groups in total. The number of nitrogens with one attached hydrogen (secondary N) is 3. The molecule has 0 radical (unpaired) electrons. The second-order valence-electron chi connectivity index (χ2n) is 6.33. The summed E-state index contributed by atoms with van der Waals surface area (Å²) in [6.45, 7) is 3.47. The van der Waals surface area contributed by atoms with Crippen LogP contribution >= 0.6 is 0 Å². The highest BCUT2D eigenvalue weighted by Crippen LogP contribution is 2.03. The number of aliphatic hydroxyl groups is 1. The summed E-state index contributed by atoms with van der Waals surface area (Å²) in [7, 11) is 0. The topological polar surface area (TPSA) is 181 Å². The van der Waals surface area contributed by atoms with Crippen molar-refractivity contribution in [1.29, 1.82) is 0 Å². The van der Waals surface area contributed by atoms with Crippen LogP contribution in [0.2, 0.25) is 0 Å². The van der Waals surface area contributed by atoms with Crippen molar-refractivity contribution in [1.82, 2.24) is 16.0 Å². The lowest BCUT2D eigenvalue weighted by molar-refractivity contribution is -0.136. The Balaban J connectivity index is 3.59. The summed E-state index contributed by atoms with van der Waals surface area (Å²) < 4.78 is 0. The smallest absolute Gasteiger partial charge is 0.269 e. The average Bonchev–Trinajstić information content (AvgIpc) is 2.62. The number of carbonyl (C=O) groups excluding carboxylic acids is 2. The molecule has 0 saturated heterocycles. The first kappa shape index (κ1) is 25.1. The first-order valence-electron chi connectivity index (χ1n) is 9.68. The molecule has 0 aliphatic heterocycles. The molecule has 158 valence electrons. The molecule has 0 saturated carbocycles. The minimum atomic E-state index is -1.51. The van der Waals surface area contributed by atoms with E-state index in [1.807, 2.05) is 0 Å². The second kappa shape index (κ2) is 17.5.